The molecule has 5 nitrogen and oxygen atoms in total. The molecule has 0 amide bonds. The Hall–Kier alpha value is -1.69. The van der Waals surface area contributed by atoms with Crippen molar-refractivity contribution in [2.24, 2.45) is 0 Å². The third-order valence-corrected chi connectivity index (χ3v) is 4.07. The lowest BCUT2D eigenvalue weighted by atomic mass is 10.2. The molecule has 0 saturated heterocycles. The van der Waals surface area contributed by atoms with Gasteiger partial charge in [-0.15, -0.1) is 0 Å². The second kappa shape index (κ2) is 6.47. The average Bonchev–Trinajstić information content (AvgIpc) is 2.46. The molecule has 1 atom stereocenters. The Morgan fingerprint density at radius 1 is 1.26 bits per heavy atom. The van der Waals surface area contributed by atoms with Gasteiger partial charge in [0.05, 0.1) is 5.52 Å². The minimum Gasteiger partial charge on any atom is -0.368 e. The molecule has 0 radical (unpaired) electrons. The number of anilines is 2. The van der Waals surface area contributed by atoms with Crippen LogP contribution in [0.3, 0.4) is 0 Å². The van der Waals surface area contributed by atoms with Gasteiger partial charge in [0.1, 0.15) is 5.82 Å². The van der Waals surface area contributed by atoms with Gasteiger partial charge in [-0.2, -0.15) is 4.98 Å². The molecule has 1 aromatic carbocycles. The Morgan fingerprint density at radius 3 is 2.79 bits per heavy atom. The molecule has 0 aliphatic heterocycles. The molecule has 0 aliphatic carbocycles. The zero-order valence-electron chi connectivity index (χ0n) is 11.1. The van der Waals surface area contributed by atoms with Crippen molar-refractivity contribution in [1.29, 1.82) is 0 Å². The standard InChI is InChI=1S/C13H18N4OS/c1-3-19(18)9-8-15-12-10-6-4-5-7-11(10)16-13(14-2)17-12/h4-7H,3,8-9H2,1-2H3,(H2,14,15,16,17). The topological polar surface area (TPSA) is 66.9 Å². The highest BCUT2D eigenvalue weighted by Gasteiger charge is 2.06. The molecular weight excluding hydrogens is 260 g/mol. The summed E-state index contributed by atoms with van der Waals surface area (Å²) in [6, 6.07) is 7.84. The Morgan fingerprint density at radius 2 is 2.05 bits per heavy atom. The summed E-state index contributed by atoms with van der Waals surface area (Å²) >= 11 is 0. The maximum atomic E-state index is 11.4. The minimum absolute atomic E-state index is 0.581. The van der Waals surface area contributed by atoms with Crippen molar-refractivity contribution in [3.63, 3.8) is 0 Å². The van der Waals surface area contributed by atoms with Gasteiger partial charge < -0.3 is 10.6 Å². The van der Waals surface area contributed by atoms with Crippen LogP contribution < -0.4 is 10.6 Å². The van der Waals surface area contributed by atoms with Crippen molar-refractivity contribution in [2.75, 3.05) is 35.7 Å². The van der Waals surface area contributed by atoms with Crippen LogP contribution >= 0.6 is 0 Å². The fourth-order valence-corrected chi connectivity index (χ4v) is 2.37. The van der Waals surface area contributed by atoms with Gasteiger partial charge in [-0.25, -0.2) is 4.98 Å². The number of para-hydroxylation sites is 1. The first-order chi connectivity index (χ1) is 9.24. The molecule has 1 unspecified atom stereocenters. The first-order valence-corrected chi connectivity index (χ1v) is 7.76. The number of aromatic nitrogens is 2. The van der Waals surface area contributed by atoms with Crippen LogP contribution in [-0.2, 0) is 10.8 Å². The van der Waals surface area contributed by atoms with Crippen LogP contribution in [0.4, 0.5) is 11.8 Å². The van der Waals surface area contributed by atoms with Gasteiger partial charge in [0, 0.05) is 41.3 Å². The van der Waals surface area contributed by atoms with Gasteiger partial charge >= 0.3 is 0 Å². The zero-order valence-corrected chi connectivity index (χ0v) is 12.0. The molecule has 2 rings (SSSR count). The predicted octanol–water partition coefficient (Wildman–Crippen LogP) is 1.85. The lowest BCUT2D eigenvalue weighted by Crippen LogP contribution is -2.13. The largest absolute Gasteiger partial charge is 0.368 e. The molecule has 2 aromatic rings. The van der Waals surface area contributed by atoms with E-state index in [4.69, 9.17) is 0 Å². The normalized spacial score (nSPS) is 12.3. The molecule has 0 bridgehead atoms. The molecule has 1 aromatic heterocycles. The lowest BCUT2D eigenvalue weighted by Gasteiger charge is -2.10. The van der Waals surface area contributed by atoms with E-state index in [1.165, 1.54) is 0 Å². The van der Waals surface area contributed by atoms with E-state index >= 15 is 0 Å². The second-order valence-corrected chi connectivity index (χ2v) is 5.89. The highest BCUT2D eigenvalue weighted by atomic mass is 32.2. The number of nitrogens with zero attached hydrogens (tertiary/aromatic N) is 2. The van der Waals surface area contributed by atoms with E-state index in [-0.39, 0.29) is 0 Å². The lowest BCUT2D eigenvalue weighted by molar-refractivity contribution is 0.684. The van der Waals surface area contributed by atoms with Crippen molar-refractivity contribution >= 4 is 33.5 Å². The maximum absolute atomic E-state index is 11.4. The van der Waals surface area contributed by atoms with Crippen molar-refractivity contribution in [3.8, 4) is 0 Å². The zero-order chi connectivity index (χ0) is 13.7. The maximum Gasteiger partial charge on any atom is 0.224 e. The summed E-state index contributed by atoms with van der Waals surface area (Å²) in [6.07, 6.45) is 0. The summed E-state index contributed by atoms with van der Waals surface area (Å²) in [6.45, 7) is 2.57. The van der Waals surface area contributed by atoms with Gasteiger partial charge in [0.2, 0.25) is 5.95 Å². The number of rotatable bonds is 6. The van der Waals surface area contributed by atoms with Crippen LogP contribution in [0.25, 0.3) is 10.9 Å². The molecule has 2 N–H and O–H groups in total. The Bertz CT molecular complexity index is 588. The average molecular weight is 278 g/mol. The van der Waals surface area contributed by atoms with E-state index < -0.39 is 10.8 Å². The molecule has 1 heterocycles. The van der Waals surface area contributed by atoms with Gasteiger partial charge in [-0.3, -0.25) is 4.21 Å². The third-order valence-electron chi connectivity index (χ3n) is 2.77. The number of fused-ring (bicyclic) bond motifs is 1. The number of nitrogens with one attached hydrogen (secondary N) is 2. The monoisotopic (exact) mass is 278 g/mol. The molecule has 0 fully saturated rings. The van der Waals surface area contributed by atoms with Gasteiger partial charge in [0.15, 0.2) is 0 Å². The number of hydrogen-bond donors (Lipinski definition) is 2. The van der Waals surface area contributed by atoms with Crippen molar-refractivity contribution in [2.45, 2.75) is 6.92 Å². The smallest absolute Gasteiger partial charge is 0.224 e. The summed E-state index contributed by atoms with van der Waals surface area (Å²) in [4.78, 5) is 8.80. The summed E-state index contributed by atoms with van der Waals surface area (Å²) in [5, 5.41) is 7.17. The highest BCUT2D eigenvalue weighted by Crippen LogP contribution is 2.21. The van der Waals surface area contributed by atoms with Crippen molar-refractivity contribution in [1.82, 2.24) is 9.97 Å². The minimum atomic E-state index is -0.763. The van der Waals surface area contributed by atoms with E-state index in [9.17, 15) is 4.21 Å². The van der Waals surface area contributed by atoms with E-state index in [0.29, 0.717) is 24.0 Å². The molecule has 19 heavy (non-hydrogen) atoms. The van der Waals surface area contributed by atoms with Crippen LogP contribution in [0.2, 0.25) is 0 Å². The van der Waals surface area contributed by atoms with Crippen LogP contribution in [0, 0.1) is 0 Å². The molecule has 0 saturated carbocycles. The quantitative estimate of drug-likeness (QED) is 0.844. The molecule has 0 aliphatic rings. The van der Waals surface area contributed by atoms with E-state index in [1.54, 1.807) is 7.05 Å². The van der Waals surface area contributed by atoms with Gasteiger partial charge in [0.25, 0.3) is 0 Å². The fourth-order valence-electron chi connectivity index (χ4n) is 1.75. The summed E-state index contributed by atoms with van der Waals surface area (Å²) < 4.78 is 11.4. The Balaban J connectivity index is 2.23. The Labute approximate surface area is 115 Å². The summed E-state index contributed by atoms with van der Waals surface area (Å²) in [5.74, 6) is 2.68. The van der Waals surface area contributed by atoms with E-state index in [2.05, 4.69) is 20.6 Å². The van der Waals surface area contributed by atoms with Crippen LogP contribution in [0.15, 0.2) is 24.3 Å². The Kier molecular flexibility index (Phi) is 4.68. The predicted molar refractivity (Wildman–Crippen MR) is 81.1 cm³/mol. The summed E-state index contributed by atoms with van der Waals surface area (Å²) in [7, 11) is 1.03. The fraction of sp³-hybridized carbons (Fsp3) is 0.385. The highest BCUT2D eigenvalue weighted by molar-refractivity contribution is 7.84. The SMILES string of the molecule is CCS(=O)CCNc1nc(NC)nc2ccccc12. The van der Waals surface area contributed by atoms with Crippen LogP contribution in [0.1, 0.15) is 6.92 Å². The second-order valence-electron chi connectivity index (χ2n) is 4.02. The molecule has 6 heteroatoms. The van der Waals surface area contributed by atoms with Crippen molar-refractivity contribution < 1.29 is 4.21 Å². The van der Waals surface area contributed by atoms with Crippen LogP contribution in [0.5, 0.6) is 0 Å². The van der Waals surface area contributed by atoms with Crippen LogP contribution in [-0.4, -0.2) is 39.3 Å². The number of hydrogen-bond acceptors (Lipinski definition) is 5. The first-order valence-electron chi connectivity index (χ1n) is 6.28. The van der Waals surface area contributed by atoms with Gasteiger partial charge in [-0.05, 0) is 12.1 Å². The van der Waals surface area contributed by atoms with Gasteiger partial charge in [-0.1, -0.05) is 19.1 Å². The van der Waals surface area contributed by atoms with E-state index in [1.807, 2.05) is 31.2 Å². The number of benzene rings is 1. The first kappa shape index (κ1) is 13.7. The van der Waals surface area contributed by atoms with Crippen molar-refractivity contribution in [3.05, 3.63) is 24.3 Å². The van der Waals surface area contributed by atoms with E-state index in [0.717, 1.165) is 16.7 Å². The molecular formula is C13H18N4OS. The molecule has 102 valence electrons. The third kappa shape index (κ3) is 3.41. The molecule has 0 spiro atoms. The summed E-state index contributed by atoms with van der Waals surface area (Å²) in [5.41, 5.74) is 0.890.